The van der Waals surface area contributed by atoms with E-state index in [1.807, 2.05) is 30.3 Å². The fourth-order valence-corrected chi connectivity index (χ4v) is 3.52. The van der Waals surface area contributed by atoms with E-state index < -0.39 is 5.60 Å². The normalized spacial score (nSPS) is 23.4. The van der Waals surface area contributed by atoms with Crippen molar-refractivity contribution in [1.82, 2.24) is 9.80 Å². The second kappa shape index (κ2) is 6.88. The first kappa shape index (κ1) is 17.5. The number of β-amino-alcohol motifs (C(OH)–C–C–N with tert-alkyl or cyclic N) is 1. The van der Waals surface area contributed by atoms with Crippen molar-refractivity contribution in [3.05, 3.63) is 35.9 Å². The quantitative estimate of drug-likeness (QED) is 0.897. The summed E-state index contributed by atoms with van der Waals surface area (Å²) in [5, 5.41) is 10.8. The van der Waals surface area contributed by atoms with Crippen LogP contribution in [0.25, 0.3) is 5.57 Å². The zero-order valence-corrected chi connectivity index (χ0v) is 14.7. The first-order chi connectivity index (χ1) is 11.9. The van der Waals surface area contributed by atoms with E-state index in [1.54, 1.807) is 16.9 Å². The highest BCUT2D eigenvalue weighted by Gasteiger charge is 2.44. The monoisotopic (exact) mass is 344 g/mol. The molecule has 6 nitrogen and oxygen atoms in total. The molecule has 0 unspecified atom stereocenters. The molecule has 2 heterocycles. The minimum Gasteiger partial charge on any atom is -0.497 e. The van der Waals surface area contributed by atoms with Crippen LogP contribution in [0.15, 0.2) is 30.3 Å². The number of hydrogen-bond acceptors (Lipinski definition) is 4. The van der Waals surface area contributed by atoms with Crippen LogP contribution in [0.2, 0.25) is 0 Å². The van der Waals surface area contributed by atoms with Gasteiger partial charge in [0.15, 0.2) is 5.60 Å². The average Bonchev–Trinajstić information content (AvgIpc) is 3.11. The number of carbonyl (C=O) groups is 2. The maximum atomic E-state index is 12.9. The maximum absolute atomic E-state index is 12.9. The number of aliphatic hydroxyl groups is 1. The van der Waals surface area contributed by atoms with E-state index in [2.05, 4.69) is 0 Å². The fourth-order valence-electron chi connectivity index (χ4n) is 3.52. The summed E-state index contributed by atoms with van der Waals surface area (Å²) in [5.41, 5.74) is 0.562. The van der Waals surface area contributed by atoms with Gasteiger partial charge in [0.05, 0.1) is 13.7 Å². The van der Waals surface area contributed by atoms with Crippen molar-refractivity contribution in [2.45, 2.75) is 25.4 Å². The van der Waals surface area contributed by atoms with Crippen LogP contribution in [0.4, 0.5) is 0 Å². The van der Waals surface area contributed by atoms with Crippen LogP contribution in [-0.4, -0.2) is 65.6 Å². The molecule has 1 N–H and O–H groups in total. The van der Waals surface area contributed by atoms with Gasteiger partial charge in [-0.05, 0) is 36.1 Å². The molecule has 1 aromatic rings. The summed E-state index contributed by atoms with van der Waals surface area (Å²) in [5.74, 6) is 0.362. The fraction of sp³-hybridized carbons (Fsp3) is 0.474. The number of methoxy groups -OCH3 is 1. The lowest BCUT2D eigenvalue weighted by atomic mass is 9.91. The van der Waals surface area contributed by atoms with E-state index in [0.29, 0.717) is 32.5 Å². The third-order valence-corrected chi connectivity index (χ3v) is 4.96. The lowest BCUT2D eigenvalue weighted by Gasteiger charge is -2.39. The molecule has 0 spiro atoms. The molecular weight excluding hydrogens is 320 g/mol. The molecule has 2 amide bonds. The number of ether oxygens (including phenoxy) is 1. The van der Waals surface area contributed by atoms with E-state index in [-0.39, 0.29) is 18.4 Å². The first-order valence-corrected chi connectivity index (χ1v) is 8.54. The van der Waals surface area contributed by atoms with Gasteiger partial charge in [0.1, 0.15) is 5.75 Å². The lowest BCUT2D eigenvalue weighted by molar-refractivity contribution is -0.158. The Bertz CT molecular complexity index is 715. The van der Waals surface area contributed by atoms with Crippen LogP contribution in [0.1, 0.15) is 25.3 Å². The van der Waals surface area contributed by atoms with Crippen LogP contribution >= 0.6 is 0 Å². The number of hydrogen-bond donors (Lipinski definition) is 1. The molecule has 6 heteroatoms. The van der Waals surface area contributed by atoms with E-state index >= 15 is 0 Å². The van der Waals surface area contributed by atoms with Crippen molar-refractivity contribution in [1.29, 1.82) is 0 Å². The van der Waals surface area contributed by atoms with E-state index in [4.69, 9.17) is 4.74 Å². The Hall–Kier alpha value is -2.34. The minimum absolute atomic E-state index is 0.0756. The van der Waals surface area contributed by atoms with Gasteiger partial charge in [0.25, 0.3) is 5.91 Å². The number of carbonyl (C=O) groups excluding carboxylic acids is 2. The summed E-state index contributed by atoms with van der Waals surface area (Å²) < 4.78 is 5.25. The van der Waals surface area contributed by atoms with E-state index in [9.17, 15) is 14.7 Å². The van der Waals surface area contributed by atoms with Crippen molar-refractivity contribution in [3.63, 3.8) is 0 Å². The Morgan fingerprint density at radius 2 is 2.08 bits per heavy atom. The molecule has 1 saturated heterocycles. The summed E-state index contributed by atoms with van der Waals surface area (Å²) in [6.45, 7) is 3.06. The summed E-state index contributed by atoms with van der Waals surface area (Å²) in [6.07, 6.45) is 3.02. The Morgan fingerprint density at radius 3 is 2.80 bits per heavy atom. The summed E-state index contributed by atoms with van der Waals surface area (Å²) in [7, 11) is 1.62. The number of likely N-dealkylation sites (tertiary alicyclic amines) is 1. The Labute approximate surface area is 147 Å². The molecule has 1 atom stereocenters. The maximum Gasteiger partial charge on any atom is 0.256 e. The van der Waals surface area contributed by atoms with Gasteiger partial charge in [-0.2, -0.15) is 0 Å². The summed E-state index contributed by atoms with van der Waals surface area (Å²) >= 11 is 0. The Morgan fingerprint density at radius 1 is 1.28 bits per heavy atom. The minimum atomic E-state index is -1.48. The van der Waals surface area contributed by atoms with Gasteiger partial charge in [0.2, 0.25) is 5.91 Å². The highest BCUT2D eigenvalue weighted by molar-refractivity contribution is 5.89. The molecule has 1 aromatic carbocycles. The summed E-state index contributed by atoms with van der Waals surface area (Å²) in [4.78, 5) is 27.7. The van der Waals surface area contributed by atoms with E-state index in [0.717, 1.165) is 16.9 Å². The van der Waals surface area contributed by atoms with Crippen molar-refractivity contribution in [3.8, 4) is 5.75 Å². The molecule has 0 aromatic heterocycles. The molecule has 0 bridgehead atoms. The van der Waals surface area contributed by atoms with Crippen LogP contribution in [0.3, 0.4) is 0 Å². The van der Waals surface area contributed by atoms with Gasteiger partial charge in [-0.3, -0.25) is 9.59 Å². The molecule has 2 aliphatic heterocycles. The Balaban J connectivity index is 1.69. The van der Waals surface area contributed by atoms with Gasteiger partial charge < -0.3 is 19.6 Å². The zero-order valence-electron chi connectivity index (χ0n) is 14.7. The second-order valence-corrected chi connectivity index (χ2v) is 6.72. The molecule has 134 valence electrons. The SMILES string of the molecule is COc1cccc(C2=CCN(C(=O)[C@@]3(O)CCCN(C(C)=O)C3)C2)c1. The molecule has 0 saturated carbocycles. The first-order valence-electron chi connectivity index (χ1n) is 8.54. The van der Waals surface area contributed by atoms with Gasteiger partial charge in [-0.15, -0.1) is 0 Å². The topological polar surface area (TPSA) is 70.1 Å². The van der Waals surface area contributed by atoms with Crippen LogP contribution in [-0.2, 0) is 9.59 Å². The van der Waals surface area contributed by atoms with Crippen molar-refractivity contribution >= 4 is 17.4 Å². The van der Waals surface area contributed by atoms with Crippen molar-refractivity contribution in [2.75, 3.05) is 33.3 Å². The average molecular weight is 344 g/mol. The molecule has 25 heavy (non-hydrogen) atoms. The molecule has 3 rings (SSSR count). The number of amides is 2. The van der Waals surface area contributed by atoms with Crippen LogP contribution in [0.5, 0.6) is 5.75 Å². The molecule has 0 aliphatic carbocycles. The highest BCUT2D eigenvalue weighted by atomic mass is 16.5. The zero-order chi connectivity index (χ0) is 18.0. The third-order valence-electron chi connectivity index (χ3n) is 4.96. The van der Waals surface area contributed by atoms with Crippen LogP contribution in [0, 0.1) is 0 Å². The smallest absolute Gasteiger partial charge is 0.256 e. The Kier molecular flexibility index (Phi) is 4.81. The van der Waals surface area contributed by atoms with Crippen LogP contribution < -0.4 is 4.74 Å². The molecular formula is C19H24N2O4. The van der Waals surface area contributed by atoms with Gasteiger partial charge in [0, 0.05) is 26.6 Å². The van der Waals surface area contributed by atoms with Gasteiger partial charge >= 0.3 is 0 Å². The van der Waals surface area contributed by atoms with Gasteiger partial charge in [-0.1, -0.05) is 18.2 Å². The number of piperidine rings is 1. The predicted molar refractivity (Wildman–Crippen MR) is 94.0 cm³/mol. The van der Waals surface area contributed by atoms with E-state index in [1.165, 1.54) is 6.92 Å². The lowest BCUT2D eigenvalue weighted by Crippen LogP contribution is -2.58. The van der Waals surface area contributed by atoms with Crippen molar-refractivity contribution < 1.29 is 19.4 Å². The predicted octanol–water partition coefficient (Wildman–Crippen LogP) is 1.29. The second-order valence-electron chi connectivity index (χ2n) is 6.72. The number of rotatable bonds is 3. The van der Waals surface area contributed by atoms with Crippen molar-refractivity contribution in [2.24, 2.45) is 0 Å². The standard InChI is InChI=1S/C19H24N2O4/c1-14(22)21-9-4-8-19(24,13-21)18(23)20-10-7-16(12-20)15-5-3-6-17(11-15)25-2/h3,5-7,11,24H,4,8-10,12-13H2,1-2H3/t19-/m1/s1. The number of benzene rings is 1. The third kappa shape index (κ3) is 3.54. The molecule has 0 radical (unpaired) electrons. The largest absolute Gasteiger partial charge is 0.497 e. The summed E-state index contributed by atoms with van der Waals surface area (Å²) in [6, 6.07) is 7.71. The van der Waals surface area contributed by atoms with Gasteiger partial charge in [-0.25, -0.2) is 0 Å². The molecule has 2 aliphatic rings. The molecule has 1 fully saturated rings. The number of nitrogens with zero attached hydrogens (tertiary/aromatic N) is 2. The highest BCUT2D eigenvalue weighted by Crippen LogP contribution is 2.29.